The quantitative estimate of drug-likeness (QED) is 0.531. The van der Waals surface area contributed by atoms with E-state index in [1.54, 1.807) is 6.20 Å². The molecule has 0 aliphatic carbocycles. The van der Waals surface area contributed by atoms with Gasteiger partial charge in [-0.25, -0.2) is 9.97 Å². The molecule has 4 N–H and O–H groups in total. The van der Waals surface area contributed by atoms with Crippen LogP contribution in [0, 0.1) is 0 Å². The van der Waals surface area contributed by atoms with E-state index in [9.17, 15) is 0 Å². The van der Waals surface area contributed by atoms with E-state index in [1.807, 2.05) is 6.07 Å². The molecular weight excluding hydrogens is 166 g/mol. The van der Waals surface area contributed by atoms with Crippen LogP contribution in [0.4, 0.5) is 5.95 Å². The van der Waals surface area contributed by atoms with Gasteiger partial charge in [-0.05, 0) is 6.07 Å². The van der Waals surface area contributed by atoms with Gasteiger partial charge in [0.1, 0.15) is 0 Å². The summed E-state index contributed by atoms with van der Waals surface area (Å²) in [7, 11) is 0. The van der Waals surface area contributed by atoms with Gasteiger partial charge in [-0.1, -0.05) is 0 Å². The van der Waals surface area contributed by atoms with E-state index in [0.717, 1.165) is 25.3 Å². The number of piperazine rings is 1. The maximum Gasteiger partial charge on any atom is 0.220 e. The molecule has 1 aromatic heterocycles. The zero-order chi connectivity index (χ0) is 9.10. The molecule has 5 nitrogen and oxygen atoms in total. The Bertz CT molecular complexity index is 282. The fraction of sp³-hybridized carbons (Fsp3) is 0.500. The number of hydrogen-bond acceptors (Lipinski definition) is 5. The molecule has 1 saturated heterocycles. The van der Waals surface area contributed by atoms with Gasteiger partial charge in [0.25, 0.3) is 0 Å². The van der Waals surface area contributed by atoms with Gasteiger partial charge >= 0.3 is 0 Å². The highest BCUT2D eigenvalue weighted by Crippen LogP contribution is 2.10. The monoisotopic (exact) mass is 179 g/mol. The number of nitrogens with zero attached hydrogens (tertiary/aromatic N) is 2. The van der Waals surface area contributed by atoms with Crippen LogP contribution in [-0.2, 0) is 0 Å². The maximum atomic E-state index is 5.49. The van der Waals surface area contributed by atoms with Crippen LogP contribution in [0.3, 0.4) is 0 Å². The Morgan fingerprint density at radius 1 is 1.46 bits per heavy atom. The van der Waals surface area contributed by atoms with Gasteiger partial charge < -0.3 is 16.4 Å². The number of rotatable bonds is 1. The van der Waals surface area contributed by atoms with Crippen LogP contribution < -0.4 is 16.4 Å². The molecule has 0 amide bonds. The summed E-state index contributed by atoms with van der Waals surface area (Å²) in [5.41, 5.74) is 6.45. The minimum absolute atomic E-state index is 0.263. The van der Waals surface area contributed by atoms with Gasteiger partial charge in [0.15, 0.2) is 0 Å². The Kier molecular flexibility index (Phi) is 2.37. The SMILES string of the molecule is Nc1nccc(C2CNCCN2)n1. The summed E-state index contributed by atoms with van der Waals surface area (Å²) in [6.45, 7) is 2.88. The van der Waals surface area contributed by atoms with Gasteiger partial charge in [0.05, 0.1) is 11.7 Å². The second kappa shape index (κ2) is 3.68. The second-order valence-corrected chi connectivity index (χ2v) is 3.05. The summed E-state index contributed by atoms with van der Waals surface area (Å²) in [6.07, 6.45) is 1.69. The predicted molar refractivity (Wildman–Crippen MR) is 50.1 cm³/mol. The number of hydrogen-bond donors (Lipinski definition) is 3. The lowest BCUT2D eigenvalue weighted by Gasteiger charge is -2.23. The van der Waals surface area contributed by atoms with Crippen LogP contribution >= 0.6 is 0 Å². The Balaban J connectivity index is 2.14. The molecule has 13 heavy (non-hydrogen) atoms. The summed E-state index contributed by atoms with van der Waals surface area (Å²) in [4.78, 5) is 8.01. The fourth-order valence-corrected chi connectivity index (χ4v) is 1.44. The Hall–Kier alpha value is -1.20. The molecule has 1 unspecified atom stereocenters. The largest absolute Gasteiger partial charge is 0.368 e. The topological polar surface area (TPSA) is 75.9 Å². The molecule has 0 saturated carbocycles. The van der Waals surface area contributed by atoms with Crippen molar-refractivity contribution in [1.82, 2.24) is 20.6 Å². The van der Waals surface area contributed by atoms with Crippen molar-refractivity contribution in [3.05, 3.63) is 18.0 Å². The number of nitrogens with two attached hydrogens (primary N) is 1. The van der Waals surface area contributed by atoms with E-state index < -0.39 is 0 Å². The van der Waals surface area contributed by atoms with Crippen molar-refractivity contribution in [2.24, 2.45) is 0 Å². The van der Waals surface area contributed by atoms with E-state index in [0.29, 0.717) is 5.95 Å². The van der Waals surface area contributed by atoms with Gasteiger partial charge in [0.2, 0.25) is 5.95 Å². The first-order valence-corrected chi connectivity index (χ1v) is 4.39. The zero-order valence-electron chi connectivity index (χ0n) is 7.33. The zero-order valence-corrected chi connectivity index (χ0v) is 7.33. The number of nitrogen functional groups attached to an aromatic ring is 1. The molecule has 0 aromatic carbocycles. The minimum atomic E-state index is 0.263. The van der Waals surface area contributed by atoms with E-state index in [-0.39, 0.29) is 6.04 Å². The minimum Gasteiger partial charge on any atom is -0.368 e. The van der Waals surface area contributed by atoms with Crippen molar-refractivity contribution in [3.8, 4) is 0 Å². The molecule has 2 heterocycles. The predicted octanol–water partition coefficient (Wildman–Crippen LogP) is -0.707. The third kappa shape index (κ3) is 1.93. The molecular formula is C8H13N5. The van der Waals surface area contributed by atoms with Crippen molar-refractivity contribution in [2.75, 3.05) is 25.4 Å². The van der Waals surface area contributed by atoms with Crippen molar-refractivity contribution in [2.45, 2.75) is 6.04 Å². The Morgan fingerprint density at radius 3 is 3.08 bits per heavy atom. The Labute approximate surface area is 76.8 Å². The average Bonchev–Trinajstić information content (AvgIpc) is 2.19. The smallest absolute Gasteiger partial charge is 0.220 e. The third-order valence-electron chi connectivity index (χ3n) is 2.09. The van der Waals surface area contributed by atoms with E-state index in [4.69, 9.17) is 5.73 Å². The number of anilines is 1. The summed E-state index contributed by atoms with van der Waals surface area (Å²) in [6, 6.07) is 2.15. The summed E-state index contributed by atoms with van der Waals surface area (Å²) in [5.74, 6) is 0.338. The van der Waals surface area contributed by atoms with Gasteiger partial charge in [-0.3, -0.25) is 0 Å². The lowest BCUT2D eigenvalue weighted by Crippen LogP contribution is -2.43. The van der Waals surface area contributed by atoms with E-state index in [2.05, 4.69) is 20.6 Å². The van der Waals surface area contributed by atoms with Gasteiger partial charge in [-0.2, -0.15) is 0 Å². The van der Waals surface area contributed by atoms with Crippen LogP contribution in [0.5, 0.6) is 0 Å². The van der Waals surface area contributed by atoms with Crippen LogP contribution in [0.1, 0.15) is 11.7 Å². The Morgan fingerprint density at radius 2 is 2.38 bits per heavy atom. The van der Waals surface area contributed by atoms with E-state index >= 15 is 0 Å². The lowest BCUT2D eigenvalue weighted by molar-refractivity contribution is 0.423. The summed E-state index contributed by atoms with van der Waals surface area (Å²) >= 11 is 0. The van der Waals surface area contributed by atoms with Crippen molar-refractivity contribution in [3.63, 3.8) is 0 Å². The number of aromatic nitrogens is 2. The molecule has 0 spiro atoms. The first kappa shape index (κ1) is 8.40. The molecule has 1 aliphatic rings. The van der Waals surface area contributed by atoms with Crippen LogP contribution in [-0.4, -0.2) is 29.6 Å². The maximum absolute atomic E-state index is 5.49. The number of nitrogens with one attached hydrogen (secondary N) is 2. The van der Waals surface area contributed by atoms with Crippen molar-refractivity contribution >= 4 is 5.95 Å². The van der Waals surface area contributed by atoms with Crippen LogP contribution in [0.25, 0.3) is 0 Å². The molecule has 0 radical (unpaired) electrons. The van der Waals surface area contributed by atoms with Crippen molar-refractivity contribution in [1.29, 1.82) is 0 Å². The lowest BCUT2D eigenvalue weighted by atomic mass is 10.1. The molecule has 2 rings (SSSR count). The molecule has 1 atom stereocenters. The first-order chi connectivity index (χ1) is 6.36. The molecule has 70 valence electrons. The van der Waals surface area contributed by atoms with E-state index in [1.165, 1.54) is 0 Å². The molecule has 0 bridgehead atoms. The summed E-state index contributed by atoms with van der Waals surface area (Å²) in [5, 5.41) is 6.64. The average molecular weight is 179 g/mol. The van der Waals surface area contributed by atoms with Crippen LogP contribution in [0.2, 0.25) is 0 Å². The fourth-order valence-electron chi connectivity index (χ4n) is 1.44. The van der Waals surface area contributed by atoms with Crippen molar-refractivity contribution < 1.29 is 0 Å². The van der Waals surface area contributed by atoms with Gasteiger partial charge in [0, 0.05) is 25.8 Å². The second-order valence-electron chi connectivity index (χ2n) is 3.05. The molecule has 1 fully saturated rings. The molecule has 1 aliphatic heterocycles. The third-order valence-corrected chi connectivity index (χ3v) is 2.09. The standard InChI is InChI=1S/C8H13N5/c9-8-12-2-1-6(13-8)7-5-10-3-4-11-7/h1-2,7,10-11H,3-5H2,(H2,9,12,13). The highest BCUT2D eigenvalue weighted by Gasteiger charge is 2.15. The van der Waals surface area contributed by atoms with Gasteiger partial charge in [-0.15, -0.1) is 0 Å². The summed E-state index contributed by atoms with van der Waals surface area (Å²) < 4.78 is 0. The molecule has 1 aromatic rings. The normalized spacial score (nSPS) is 22.9. The molecule has 5 heteroatoms. The highest BCUT2D eigenvalue weighted by atomic mass is 15.1. The van der Waals surface area contributed by atoms with Crippen LogP contribution in [0.15, 0.2) is 12.3 Å². The first-order valence-electron chi connectivity index (χ1n) is 4.39. The highest BCUT2D eigenvalue weighted by molar-refractivity contribution is 5.19.